The molecule has 1 aliphatic rings. The first-order valence-electron chi connectivity index (χ1n) is 5.16. The molecule has 1 aromatic rings. The standard InChI is InChI=1S/C12H14N2O/c1-9-4-5-12-11(7-9)14-10(8-15-12)3-2-6-13/h4-5,7,10,14H,2-3,8H2,1H3. The van der Waals surface area contributed by atoms with E-state index in [1.807, 2.05) is 12.1 Å². The highest BCUT2D eigenvalue weighted by molar-refractivity contribution is 5.59. The van der Waals surface area contributed by atoms with Crippen molar-refractivity contribution in [3.05, 3.63) is 23.8 Å². The maximum absolute atomic E-state index is 8.52. The van der Waals surface area contributed by atoms with E-state index in [1.54, 1.807) is 0 Å². The van der Waals surface area contributed by atoms with Gasteiger partial charge < -0.3 is 10.1 Å². The predicted octanol–water partition coefficient (Wildman–Crippen LogP) is 2.47. The summed E-state index contributed by atoms with van der Waals surface area (Å²) in [5.41, 5.74) is 2.26. The van der Waals surface area contributed by atoms with E-state index in [4.69, 9.17) is 10.00 Å². The highest BCUT2D eigenvalue weighted by atomic mass is 16.5. The van der Waals surface area contributed by atoms with Crippen LogP contribution in [0.2, 0.25) is 0 Å². The average molecular weight is 202 g/mol. The fourth-order valence-corrected chi connectivity index (χ4v) is 1.73. The number of anilines is 1. The summed E-state index contributed by atoms with van der Waals surface area (Å²) in [6, 6.07) is 8.52. The Morgan fingerprint density at radius 2 is 2.47 bits per heavy atom. The number of rotatable bonds is 2. The molecule has 0 bridgehead atoms. The number of nitrogens with zero attached hydrogens (tertiary/aromatic N) is 1. The van der Waals surface area contributed by atoms with E-state index >= 15 is 0 Å². The van der Waals surface area contributed by atoms with Gasteiger partial charge in [-0.05, 0) is 31.0 Å². The Morgan fingerprint density at radius 1 is 1.60 bits per heavy atom. The number of benzene rings is 1. The lowest BCUT2D eigenvalue weighted by Crippen LogP contribution is -2.31. The summed E-state index contributed by atoms with van der Waals surface area (Å²) in [5.74, 6) is 0.911. The van der Waals surface area contributed by atoms with Gasteiger partial charge in [-0.3, -0.25) is 0 Å². The Labute approximate surface area is 89.7 Å². The van der Waals surface area contributed by atoms with E-state index in [2.05, 4.69) is 24.4 Å². The van der Waals surface area contributed by atoms with Crippen LogP contribution in [0.5, 0.6) is 5.75 Å². The summed E-state index contributed by atoms with van der Waals surface area (Å²) in [5, 5.41) is 11.9. The summed E-state index contributed by atoms with van der Waals surface area (Å²) in [4.78, 5) is 0. The summed E-state index contributed by atoms with van der Waals surface area (Å²) >= 11 is 0. The summed E-state index contributed by atoms with van der Waals surface area (Å²) in [6.07, 6.45) is 1.41. The lowest BCUT2D eigenvalue weighted by molar-refractivity contribution is 0.279. The zero-order valence-electron chi connectivity index (χ0n) is 8.79. The molecule has 0 amide bonds. The average Bonchev–Trinajstić information content (AvgIpc) is 2.25. The first kappa shape index (κ1) is 9.85. The minimum Gasteiger partial charge on any atom is -0.489 e. The minimum absolute atomic E-state index is 0.263. The number of hydrogen-bond acceptors (Lipinski definition) is 3. The van der Waals surface area contributed by atoms with Gasteiger partial charge in [-0.1, -0.05) is 6.07 Å². The molecule has 0 saturated carbocycles. The number of fused-ring (bicyclic) bond motifs is 1. The lowest BCUT2D eigenvalue weighted by Gasteiger charge is -2.27. The van der Waals surface area contributed by atoms with Gasteiger partial charge in [-0.15, -0.1) is 0 Å². The molecule has 1 N–H and O–H groups in total. The SMILES string of the molecule is Cc1ccc2c(c1)NC(CCC#N)CO2. The molecule has 0 spiro atoms. The third kappa shape index (κ3) is 2.21. The zero-order valence-corrected chi connectivity index (χ0v) is 8.79. The fraction of sp³-hybridized carbons (Fsp3) is 0.417. The van der Waals surface area contributed by atoms with Crippen molar-refractivity contribution in [1.29, 1.82) is 5.26 Å². The number of hydrogen-bond donors (Lipinski definition) is 1. The molecule has 1 atom stereocenters. The number of nitrogens with one attached hydrogen (secondary N) is 1. The van der Waals surface area contributed by atoms with Crippen LogP contribution in [0.1, 0.15) is 18.4 Å². The molecule has 3 nitrogen and oxygen atoms in total. The molecule has 2 rings (SSSR count). The van der Waals surface area contributed by atoms with Crippen LogP contribution in [0.15, 0.2) is 18.2 Å². The van der Waals surface area contributed by atoms with Crippen molar-refractivity contribution in [2.24, 2.45) is 0 Å². The van der Waals surface area contributed by atoms with Gasteiger partial charge in [0.25, 0.3) is 0 Å². The molecule has 3 heteroatoms. The molecular formula is C12H14N2O. The van der Waals surface area contributed by atoms with Crippen LogP contribution < -0.4 is 10.1 Å². The molecule has 0 radical (unpaired) electrons. The van der Waals surface area contributed by atoms with Crippen molar-refractivity contribution in [3.8, 4) is 11.8 Å². The van der Waals surface area contributed by atoms with E-state index < -0.39 is 0 Å². The van der Waals surface area contributed by atoms with Crippen molar-refractivity contribution >= 4 is 5.69 Å². The summed E-state index contributed by atoms with van der Waals surface area (Å²) in [6.45, 7) is 2.71. The van der Waals surface area contributed by atoms with Gasteiger partial charge >= 0.3 is 0 Å². The van der Waals surface area contributed by atoms with Crippen LogP contribution in [0, 0.1) is 18.3 Å². The van der Waals surface area contributed by atoms with Gasteiger partial charge in [0.2, 0.25) is 0 Å². The smallest absolute Gasteiger partial charge is 0.142 e. The first-order chi connectivity index (χ1) is 7.29. The Kier molecular flexibility index (Phi) is 2.77. The van der Waals surface area contributed by atoms with Crippen LogP contribution >= 0.6 is 0 Å². The maximum Gasteiger partial charge on any atom is 0.142 e. The third-order valence-electron chi connectivity index (χ3n) is 2.54. The Balaban J connectivity index is 2.09. The first-order valence-corrected chi connectivity index (χ1v) is 5.16. The second kappa shape index (κ2) is 4.22. The van der Waals surface area contributed by atoms with Crippen molar-refractivity contribution < 1.29 is 4.74 Å². The Hall–Kier alpha value is -1.69. The highest BCUT2D eigenvalue weighted by Crippen LogP contribution is 2.30. The molecule has 78 valence electrons. The predicted molar refractivity (Wildman–Crippen MR) is 58.9 cm³/mol. The van der Waals surface area contributed by atoms with Crippen molar-refractivity contribution in [2.75, 3.05) is 11.9 Å². The van der Waals surface area contributed by atoms with Crippen molar-refractivity contribution in [3.63, 3.8) is 0 Å². The Bertz CT molecular complexity index is 395. The van der Waals surface area contributed by atoms with Crippen molar-refractivity contribution in [2.45, 2.75) is 25.8 Å². The van der Waals surface area contributed by atoms with Gasteiger partial charge in [-0.2, -0.15) is 5.26 Å². The number of aryl methyl sites for hydroxylation is 1. The van der Waals surface area contributed by atoms with Gasteiger partial charge in [0, 0.05) is 6.42 Å². The van der Waals surface area contributed by atoms with Crippen LogP contribution in [0.3, 0.4) is 0 Å². The molecule has 0 aliphatic carbocycles. The Morgan fingerprint density at radius 3 is 3.27 bits per heavy atom. The monoisotopic (exact) mass is 202 g/mol. The lowest BCUT2D eigenvalue weighted by atomic mass is 10.1. The van der Waals surface area contributed by atoms with Gasteiger partial charge in [0.1, 0.15) is 12.4 Å². The molecule has 0 fully saturated rings. The molecule has 15 heavy (non-hydrogen) atoms. The maximum atomic E-state index is 8.52. The molecule has 0 aromatic heterocycles. The molecule has 1 aliphatic heterocycles. The summed E-state index contributed by atoms with van der Waals surface area (Å²) in [7, 11) is 0. The van der Waals surface area contributed by atoms with E-state index in [0.717, 1.165) is 17.9 Å². The number of nitriles is 1. The third-order valence-corrected chi connectivity index (χ3v) is 2.54. The van der Waals surface area contributed by atoms with Crippen LogP contribution in [-0.4, -0.2) is 12.6 Å². The van der Waals surface area contributed by atoms with Gasteiger partial charge in [-0.25, -0.2) is 0 Å². The highest BCUT2D eigenvalue weighted by Gasteiger charge is 2.17. The van der Waals surface area contributed by atoms with Gasteiger partial charge in [0.15, 0.2) is 0 Å². The van der Waals surface area contributed by atoms with E-state index in [1.165, 1.54) is 5.56 Å². The van der Waals surface area contributed by atoms with Gasteiger partial charge in [0.05, 0.1) is 17.8 Å². The summed E-state index contributed by atoms with van der Waals surface area (Å²) < 4.78 is 5.62. The molecule has 0 saturated heterocycles. The van der Waals surface area contributed by atoms with Crippen LogP contribution in [-0.2, 0) is 0 Å². The van der Waals surface area contributed by atoms with Crippen LogP contribution in [0.4, 0.5) is 5.69 Å². The van der Waals surface area contributed by atoms with E-state index in [-0.39, 0.29) is 6.04 Å². The van der Waals surface area contributed by atoms with E-state index in [0.29, 0.717) is 13.0 Å². The zero-order chi connectivity index (χ0) is 10.7. The topological polar surface area (TPSA) is 45.0 Å². The molecule has 1 heterocycles. The minimum atomic E-state index is 0.263. The normalized spacial score (nSPS) is 18.3. The second-order valence-corrected chi connectivity index (χ2v) is 3.85. The quantitative estimate of drug-likeness (QED) is 0.801. The molecule has 1 unspecified atom stereocenters. The van der Waals surface area contributed by atoms with E-state index in [9.17, 15) is 0 Å². The molecule has 1 aromatic carbocycles. The largest absolute Gasteiger partial charge is 0.489 e. The van der Waals surface area contributed by atoms with Crippen LogP contribution in [0.25, 0.3) is 0 Å². The molecular weight excluding hydrogens is 188 g/mol. The van der Waals surface area contributed by atoms with Crippen molar-refractivity contribution in [1.82, 2.24) is 0 Å². The second-order valence-electron chi connectivity index (χ2n) is 3.85. The number of ether oxygens (including phenoxy) is 1. The fourth-order valence-electron chi connectivity index (χ4n) is 1.73.